The van der Waals surface area contributed by atoms with E-state index in [1.54, 1.807) is 6.33 Å². The maximum Gasteiger partial charge on any atom is 0.135 e. The predicted octanol–water partition coefficient (Wildman–Crippen LogP) is 2.73. The first-order valence-corrected chi connectivity index (χ1v) is 5.71. The van der Waals surface area contributed by atoms with Crippen LogP contribution in [0.25, 0.3) is 0 Å². The second-order valence-corrected chi connectivity index (χ2v) is 4.25. The summed E-state index contributed by atoms with van der Waals surface area (Å²) in [5, 5.41) is 0. The van der Waals surface area contributed by atoms with E-state index in [1.165, 1.54) is 5.56 Å². The standard InChI is InChI=1S/C14H17N3/c1-11-12(2)15-10-16-14(11)17(3)9-13-7-5-4-6-8-13/h4-8,10H,9H2,1-3H3. The van der Waals surface area contributed by atoms with Gasteiger partial charge in [-0.25, -0.2) is 9.97 Å². The third-order valence-electron chi connectivity index (χ3n) is 2.93. The molecule has 1 aromatic carbocycles. The minimum Gasteiger partial charge on any atom is -0.355 e. The molecule has 0 bridgehead atoms. The van der Waals surface area contributed by atoms with Crippen LogP contribution in [0.4, 0.5) is 5.82 Å². The van der Waals surface area contributed by atoms with Crippen molar-refractivity contribution in [3.8, 4) is 0 Å². The predicted molar refractivity (Wildman–Crippen MR) is 70.1 cm³/mol. The Morgan fingerprint density at radius 2 is 1.76 bits per heavy atom. The Hall–Kier alpha value is -1.90. The Balaban J connectivity index is 2.20. The van der Waals surface area contributed by atoms with E-state index in [9.17, 15) is 0 Å². The largest absolute Gasteiger partial charge is 0.355 e. The Labute approximate surface area is 102 Å². The SMILES string of the molecule is Cc1ncnc(N(C)Cc2ccccc2)c1C. The van der Waals surface area contributed by atoms with Gasteiger partial charge in [-0.05, 0) is 19.4 Å². The number of benzene rings is 1. The van der Waals surface area contributed by atoms with Crippen molar-refractivity contribution in [2.24, 2.45) is 0 Å². The normalized spacial score (nSPS) is 10.3. The summed E-state index contributed by atoms with van der Waals surface area (Å²) in [7, 11) is 2.06. The zero-order valence-electron chi connectivity index (χ0n) is 10.5. The fourth-order valence-electron chi connectivity index (χ4n) is 1.84. The van der Waals surface area contributed by atoms with Gasteiger partial charge in [0.2, 0.25) is 0 Å². The summed E-state index contributed by atoms with van der Waals surface area (Å²) in [5.41, 5.74) is 3.46. The van der Waals surface area contributed by atoms with E-state index < -0.39 is 0 Å². The summed E-state index contributed by atoms with van der Waals surface area (Å²) in [4.78, 5) is 10.7. The van der Waals surface area contributed by atoms with Gasteiger partial charge < -0.3 is 4.90 Å². The minimum absolute atomic E-state index is 0.859. The van der Waals surface area contributed by atoms with Crippen molar-refractivity contribution >= 4 is 5.82 Å². The van der Waals surface area contributed by atoms with Crippen LogP contribution in [0.5, 0.6) is 0 Å². The Morgan fingerprint density at radius 3 is 2.47 bits per heavy atom. The molecule has 0 radical (unpaired) electrons. The highest BCUT2D eigenvalue weighted by atomic mass is 15.2. The first kappa shape index (κ1) is 11.6. The van der Waals surface area contributed by atoms with Crippen LogP contribution in [0.1, 0.15) is 16.8 Å². The summed E-state index contributed by atoms with van der Waals surface area (Å²) >= 11 is 0. The fraction of sp³-hybridized carbons (Fsp3) is 0.286. The van der Waals surface area contributed by atoms with Gasteiger partial charge in [-0.2, -0.15) is 0 Å². The van der Waals surface area contributed by atoms with Gasteiger partial charge in [0.15, 0.2) is 0 Å². The molecule has 0 saturated carbocycles. The first-order valence-electron chi connectivity index (χ1n) is 5.71. The minimum atomic E-state index is 0.859. The smallest absolute Gasteiger partial charge is 0.135 e. The molecule has 2 rings (SSSR count). The molecule has 1 aromatic heterocycles. The molecule has 0 unspecified atom stereocenters. The van der Waals surface area contributed by atoms with Gasteiger partial charge in [-0.15, -0.1) is 0 Å². The summed E-state index contributed by atoms with van der Waals surface area (Å²) in [6, 6.07) is 10.4. The molecule has 1 heterocycles. The molecule has 0 spiro atoms. The molecule has 0 aliphatic carbocycles. The monoisotopic (exact) mass is 227 g/mol. The van der Waals surface area contributed by atoms with E-state index in [2.05, 4.69) is 53.1 Å². The molecule has 0 fully saturated rings. The van der Waals surface area contributed by atoms with E-state index in [1.807, 2.05) is 13.0 Å². The molecule has 17 heavy (non-hydrogen) atoms. The molecule has 0 saturated heterocycles. The maximum atomic E-state index is 4.35. The van der Waals surface area contributed by atoms with Crippen LogP contribution in [0.2, 0.25) is 0 Å². The van der Waals surface area contributed by atoms with E-state index in [0.29, 0.717) is 0 Å². The van der Waals surface area contributed by atoms with E-state index >= 15 is 0 Å². The average molecular weight is 227 g/mol. The number of anilines is 1. The van der Waals surface area contributed by atoms with Crippen molar-refractivity contribution in [3.05, 3.63) is 53.5 Å². The van der Waals surface area contributed by atoms with Crippen LogP contribution in [0.3, 0.4) is 0 Å². The van der Waals surface area contributed by atoms with Gasteiger partial charge in [-0.1, -0.05) is 30.3 Å². The number of rotatable bonds is 3. The molecule has 0 aliphatic heterocycles. The van der Waals surface area contributed by atoms with Crippen molar-refractivity contribution in [2.75, 3.05) is 11.9 Å². The third kappa shape index (κ3) is 2.61. The summed E-state index contributed by atoms with van der Waals surface area (Å²) in [6.07, 6.45) is 1.62. The Morgan fingerprint density at radius 1 is 1.06 bits per heavy atom. The summed E-state index contributed by atoms with van der Waals surface area (Å²) in [6.45, 7) is 4.93. The van der Waals surface area contributed by atoms with E-state index in [-0.39, 0.29) is 0 Å². The highest BCUT2D eigenvalue weighted by Gasteiger charge is 2.08. The molecule has 3 nitrogen and oxygen atoms in total. The van der Waals surface area contributed by atoms with E-state index in [0.717, 1.165) is 23.6 Å². The highest BCUT2D eigenvalue weighted by molar-refractivity contribution is 5.47. The number of hydrogen-bond donors (Lipinski definition) is 0. The second-order valence-electron chi connectivity index (χ2n) is 4.25. The third-order valence-corrected chi connectivity index (χ3v) is 2.93. The molecule has 0 atom stereocenters. The van der Waals surface area contributed by atoms with Gasteiger partial charge in [-0.3, -0.25) is 0 Å². The molecule has 3 heteroatoms. The van der Waals surface area contributed by atoms with Gasteiger partial charge in [0, 0.05) is 24.8 Å². The van der Waals surface area contributed by atoms with Gasteiger partial charge >= 0.3 is 0 Å². The van der Waals surface area contributed by atoms with Crippen molar-refractivity contribution in [1.82, 2.24) is 9.97 Å². The number of aromatic nitrogens is 2. The highest BCUT2D eigenvalue weighted by Crippen LogP contribution is 2.18. The first-order chi connectivity index (χ1) is 8.18. The van der Waals surface area contributed by atoms with Crippen LogP contribution in [0.15, 0.2) is 36.7 Å². The van der Waals surface area contributed by atoms with Gasteiger partial charge in [0.05, 0.1) is 0 Å². The molecule has 0 amide bonds. The zero-order chi connectivity index (χ0) is 12.3. The van der Waals surface area contributed by atoms with Crippen molar-refractivity contribution in [3.63, 3.8) is 0 Å². The van der Waals surface area contributed by atoms with Crippen LogP contribution in [-0.4, -0.2) is 17.0 Å². The number of hydrogen-bond acceptors (Lipinski definition) is 3. The fourth-order valence-corrected chi connectivity index (χ4v) is 1.84. The molecular weight excluding hydrogens is 210 g/mol. The number of aryl methyl sites for hydroxylation is 1. The topological polar surface area (TPSA) is 29.0 Å². The lowest BCUT2D eigenvalue weighted by atomic mass is 10.2. The molecule has 2 aromatic rings. The molecule has 88 valence electrons. The summed E-state index contributed by atoms with van der Waals surface area (Å²) < 4.78 is 0. The summed E-state index contributed by atoms with van der Waals surface area (Å²) in [5.74, 6) is 1.00. The second kappa shape index (κ2) is 4.95. The van der Waals surface area contributed by atoms with Crippen LogP contribution in [0, 0.1) is 13.8 Å². The lowest BCUT2D eigenvalue weighted by Crippen LogP contribution is -2.19. The van der Waals surface area contributed by atoms with Gasteiger partial charge in [0.25, 0.3) is 0 Å². The molecule has 0 aliphatic rings. The number of nitrogens with zero attached hydrogens (tertiary/aromatic N) is 3. The van der Waals surface area contributed by atoms with Crippen molar-refractivity contribution in [1.29, 1.82) is 0 Å². The van der Waals surface area contributed by atoms with Crippen LogP contribution < -0.4 is 4.90 Å². The molecule has 0 N–H and O–H groups in total. The average Bonchev–Trinajstić information content (AvgIpc) is 2.34. The van der Waals surface area contributed by atoms with Crippen LogP contribution in [-0.2, 0) is 6.54 Å². The lowest BCUT2D eigenvalue weighted by molar-refractivity contribution is 0.875. The van der Waals surface area contributed by atoms with Crippen molar-refractivity contribution in [2.45, 2.75) is 20.4 Å². The zero-order valence-corrected chi connectivity index (χ0v) is 10.5. The Bertz CT molecular complexity index is 494. The van der Waals surface area contributed by atoms with Crippen molar-refractivity contribution < 1.29 is 0 Å². The maximum absolute atomic E-state index is 4.35. The Kier molecular flexibility index (Phi) is 3.38. The van der Waals surface area contributed by atoms with E-state index in [4.69, 9.17) is 0 Å². The quantitative estimate of drug-likeness (QED) is 0.807. The lowest BCUT2D eigenvalue weighted by Gasteiger charge is -2.20. The van der Waals surface area contributed by atoms with Gasteiger partial charge in [0.1, 0.15) is 12.1 Å². The van der Waals surface area contributed by atoms with Crippen LogP contribution >= 0.6 is 0 Å². The molecular formula is C14H17N3.